The average molecular weight is 341 g/mol. The number of nitrogens with one attached hydrogen (secondary N) is 1. The fraction of sp³-hybridized carbons (Fsp3) is 0.316. The second-order valence-corrected chi connectivity index (χ2v) is 5.66. The Hall–Kier alpha value is -2.73. The first-order chi connectivity index (χ1) is 12.1. The molecule has 0 saturated carbocycles. The maximum absolute atomic E-state index is 12.3. The minimum Gasteiger partial charge on any atom is -0.462 e. The molecule has 1 amide bonds. The number of hydrogen-bond donors (Lipinski definition) is 1. The SMILES string of the molecule is CCOC(=O)c1ccccc1NC(=O)CN(C)CCc1ccncc1. The van der Waals surface area contributed by atoms with Crippen molar-refractivity contribution >= 4 is 17.6 Å². The number of hydrogen-bond acceptors (Lipinski definition) is 5. The highest BCUT2D eigenvalue weighted by atomic mass is 16.5. The molecular formula is C19H23N3O3. The van der Waals surface area contributed by atoms with Crippen molar-refractivity contribution in [1.29, 1.82) is 0 Å². The van der Waals surface area contributed by atoms with Crippen molar-refractivity contribution in [2.75, 3.05) is 32.1 Å². The monoisotopic (exact) mass is 341 g/mol. The van der Waals surface area contributed by atoms with Gasteiger partial charge >= 0.3 is 5.97 Å². The number of nitrogens with zero attached hydrogens (tertiary/aromatic N) is 2. The zero-order valence-corrected chi connectivity index (χ0v) is 14.6. The van der Waals surface area contributed by atoms with Crippen LogP contribution in [0.15, 0.2) is 48.8 Å². The number of ether oxygens (including phenoxy) is 1. The predicted octanol–water partition coefficient (Wildman–Crippen LogP) is 2.37. The fourth-order valence-electron chi connectivity index (χ4n) is 2.36. The van der Waals surface area contributed by atoms with Gasteiger partial charge in [-0.15, -0.1) is 0 Å². The Labute approximate surface area is 147 Å². The molecule has 2 aromatic rings. The lowest BCUT2D eigenvalue weighted by atomic mass is 10.1. The van der Waals surface area contributed by atoms with E-state index in [2.05, 4.69) is 10.3 Å². The Morgan fingerprint density at radius 3 is 2.60 bits per heavy atom. The summed E-state index contributed by atoms with van der Waals surface area (Å²) in [6.07, 6.45) is 4.36. The van der Waals surface area contributed by atoms with E-state index >= 15 is 0 Å². The first-order valence-corrected chi connectivity index (χ1v) is 8.23. The van der Waals surface area contributed by atoms with Crippen molar-refractivity contribution in [3.05, 3.63) is 59.9 Å². The number of rotatable bonds is 8. The molecule has 0 radical (unpaired) electrons. The molecule has 25 heavy (non-hydrogen) atoms. The van der Waals surface area contributed by atoms with Crippen LogP contribution in [-0.4, -0.2) is 48.5 Å². The number of amides is 1. The molecule has 0 aliphatic carbocycles. The summed E-state index contributed by atoms with van der Waals surface area (Å²) in [6.45, 7) is 3.02. The third-order valence-corrected chi connectivity index (χ3v) is 3.64. The maximum atomic E-state index is 12.3. The number of carbonyl (C=O) groups is 2. The molecule has 0 bridgehead atoms. The van der Waals surface area contributed by atoms with E-state index in [-0.39, 0.29) is 12.5 Å². The summed E-state index contributed by atoms with van der Waals surface area (Å²) in [7, 11) is 1.89. The van der Waals surface area contributed by atoms with Crippen LogP contribution < -0.4 is 5.32 Å². The molecule has 0 fully saturated rings. The Kier molecular flexibility index (Phi) is 7.10. The molecule has 6 nitrogen and oxygen atoms in total. The van der Waals surface area contributed by atoms with Crippen molar-refractivity contribution in [3.63, 3.8) is 0 Å². The normalized spacial score (nSPS) is 10.5. The Morgan fingerprint density at radius 2 is 1.88 bits per heavy atom. The topological polar surface area (TPSA) is 71.5 Å². The summed E-state index contributed by atoms with van der Waals surface area (Å²) in [4.78, 5) is 30.1. The van der Waals surface area contributed by atoms with E-state index in [0.717, 1.165) is 13.0 Å². The van der Waals surface area contributed by atoms with Crippen molar-refractivity contribution in [1.82, 2.24) is 9.88 Å². The summed E-state index contributed by atoms with van der Waals surface area (Å²) >= 11 is 0. The third kappa shape index (κ3) is 6.00. The number of pyridine rings is 1. The van der Waals surface area contributed by atoms with Gasteiger partial charge in [-0.25, -0.2) is 4.79 Å². The van der Waals surface area contributed by atoms with Crippen LogP contribution in [0.5, 0.6) is 0 Å². The van der Waals surface area contributed by atoms with Crippen LogP contribution in [0, 0.1) is 0 Å². The first kappa shape index (κ1) is 18.6. The number of likely N-dealkylation sites (N-methyl/N-ethyl adjacent to an activating group) is 1. The van der Waals surface area contributed by atoms with Gasteiger partial charge < -0.3 is 10.1 Å². The van der Waals surface area contributed by atoms with E-state index in [0.29, 0.717) is 17.9 Å². The minimum absolute atomic E-state index is 0.172. The van der Waals surface area contributed by atoms with Gasteiger partial charge in [0.15, 0.2) is 0 Å². The Balaban J connectivity index is 1.88. The number of anilines is 1. The Morgan fingerprint density at radius 1 is 1.16 bits per heavy atom. The molecule has 0 aliphatic rings. The van der Waals surface area contributed by atoms with Crippen molar-refractivity contribution < 1.29 is 14.3 Å². The molecule has 6 heteroatoms. The first-order valence-electron chi connectivity index (χ1n) is 8.23. The molecule has 0 unspecified atom stereocenters. The van der Waals surface area contributed by atoms with Crippen LogP contribution in [0.4, 0.5) is 5.69 Å². The van der Waals surface area contributed by atoms with Crippen molar-refractivity contribution in [2.45, 2.75) is 13.3 Å². The number of para-hydroxylation sites is 1. The second kappa shape index (κ2) is 9.54. The lowest BCUT2D eigenvalue weighted by Gasteiger charge is -2.17. The van der Waals surface area contributed by atoms with E-state index in [1.54, 1.807) is 43.6 Å². The molecule has 0 atom stereocenters. The summed E-state index contributed by atoms with van der Waals surface area (Å²) in [5.74, 6) is -0.613. The lowest BCUT2D eigenvalue weighted by molar-refractivity contribution is -0.117. The maximum Gasteiger partial charge on any atom is 0.340 e. The zero-order valence-electron chi connectivity index (χ0n) is 14.6. The standard InChI is InChI=1S/C19H23N3O3/c1-3-25-19(24)16-6-4-5-7-17(16)21-18(23)14-22(2)13-10-15-8-11-20-12-9-15/h4-9,11-12H,3,10,13-14H2,1-2H3,(H,21,23). The van der Waals surface area contributed by atoms with Crippen LogP contribution in [0.3, 0.4) is 0 Å². The number of esters is 1. The van der Waals surface area contributed by atoms with Crippen molar-refractivity contribution in [2.24, 2.45) is 0 Å². The summed E-state index contributed by atoms with van der Waals surface area (Å²) in [5.41, 5.74) is 2.00. The Bertz CT molecular complexity index is 704. The molecule has 1 N–H and O–H groups in total. The number of aromatic nitrogens is 1. The lowest BCUT2D eigenvalue weighted by Crippen LogP contribution is -2.32. The van der Waals surface area contributed by atoms with Gasteiger partial charge in [0.2, 0.25) is 5.91 Å². The van der Waals surface area contributed by atoms with Gasteiger partial charge in [-0.3, -0.25) is 14.7 Å². The van der Waals surface area contributed by atoms with Crippen LogP contribution in [-0.2, 0) is 16.0 Å². The highest BCUT2D eigenvalue weighted by Crippen LogP contribution is 2.16. The van der Waals surface area contributed by atoms with Gasteiger partial charge in [-0.2, -0.15) is 0 Å². The van der Waals surface area contributed by atoms with E-state index in [1.807, 2.05) is 24.1 Å². The fourth-order valence-corrected chi connectivity index (χ4v) is 2.36. The van der Waals surface area contributed by atoms with Crippen molar-refractivity contribution in [3.8, 4) is 0 Å². The van der Waals surface area contributed by atoms with Gasteiger partial charge in [-0.05, 0) is 50.2 Å². The van der Waals surface area contributed by atoms with E-state index in [9.17, 15) is 9.59 Å². The van der Waals surface area contributed by atoms with E-state index in [4.69, 9.17) is 4.74 Å². The van der Waals surface area contributed by atoms with Gasteiger partial charge in [-0.1, -0.05) is 12.1 Å². The summed E-state index contributed by atoms with van der Waals surface area (Å²) in [6, 6.07) is 10.8. The van der Waals surface area contributed by atoms with Crippen LogP contribution >= 0.6 is 0 Å². The smallest absolute Gasteiger partial charge is 0.340 e. The van der Waals surface area contributed by atoms with Gasteiger partial charge in [0.05, 0.1) is 24.4 Å². The molecule has 0 aliphatic heterocycles. The van der Waals surface area contributed by atoms with E-state index in [1.165, 1.54) is 5.56 Å². The highest BCUT2D eigenvalue weighted by molar-refractivity contribution is 6.01. The zero-order chi connectivity index (χ0) is 18.1. The van der Waals surface area contributed by atoms with E-state index < -0.39 is 5.97 Å². The van der Waals surface area contributed by atoms with Crippen LogP contribution in [0.1, 0.15) is 22.8 Å². The largest absolute Gasteiger partial charge is 0.462 e. The summed E-state index contributed by atoms with van der Waals surface area (Å²) < 4.78 is 5.01. The number of carbonyl (C=O) groups excluding carboxylic acids is 2. The quantitative estimate of drug-likeness (QED) is 0.747. The summed E-state index contributed by atoms with van der Waals surface area (Å²) in [5, 5.41) is 2.79. The average Bonchev–Trinajstić information content (AvgIpc) is 2.61. The molecule has 1 heterocycles. The van der Waals surface area contributed by atoms with Crippen LogP contribution in [0.2, 0.25) is 0 Å². The molecule has 0 spiro atoms. The molecule has 132 valence electrons. The molecular weight excluding hydrogens is 318 g/mol. The van der Waals surface area contributed by atoms with Gasteiger partial charge in [0.1, 0.15) is 0 Å². The highest BCUT2D eigenvalue weighted by Gasteiger charge is 2.14. The number of benzene rings is 1. The molecule has 0 saturated heterocycles. The van der Waals surface area contributed by atoms with Gasteiger partial charge in [0, 0.05) is 18.9 Å². The predicted molar refractivity (Wildman–Crippen MR) is 96.5 cm³/mol. The molecule has 2 rings (SSSR count). The second-order valence-electron chi connectivity index (χ2n) is 5.66. The minimum atomic E-state index is -0.440. The van der Waals surface area contributed by atoms with Gasteiger partial charge in [0.25, 0.3) is 0 Å². The third-order valence-electron chi connectivity index (χ3n) is 3.64. The van der Waals surface area contributed by atoms with Crippen LogP contribution in [0.25, 0.3) is 0 Å². The molecule has 1 aromatic heterocycles. The molecule has 1 aromatic carbocycles.